The Morgan fingerprint density at radius 3 is 2.16 bits per heavy atom. The van der Waals surface area contributed by atoms with Gasteiger partial charge in [0.25, 0.3) is 5.56 Å². The molecule has 0 unspecified atom stereocenters. The summed E-state index contributed by atoms with van der Waals surface area (Å²) < 4.78 is 1.86. The van der Waals surface area contributed by atoms with Crippen LogP contribution in [0.15, 0.2) is 59.7 Å². The topological polar surface area (TPSA) is 110 Å². The van der Waals surface area contributed by atoms with Crippen molar-refractivity contribution in [1.29, 1.82) is 0 Å². The first-order chi connectivity index (χ1) is 16.9. The van der Waals surface area contributed by atoms with Gasteiger partial charge in [-0.15, -0.1) is 12.1 Å². The van der Waals surface area contributed by atoms with E-state index in [1.54, 1.807) is 12.1 Å². The summed E-state index contributed by atoms with van der Waals surface area (Å²) in [5, 5.41) is 9.56. The minimum atomic E-state index is -0.990. The summed E-state index contributed by atoms with van der Waals surface area (Å²) >= 11 is 0. The summed E-state index contributed by atoms with van der Waals surface area (Å²) in [5.74, 6) is -0.990. The molecule has 5 aromatic heterocycles. The number of carboxylic acids is 1. The molecule has 0 spiro atoms. The van der Waals surface area contributed by atoms with E-state index in [1.165, 1.54) is 12.3 Å². The fraction of sp³-hybridized carbons (Fsp3) is 0.286. The van der Waals surface area contributed by atoms with Crippen LogP contribution in [-0.4, -0.2) is 35.4 Å². The van der Waals surface area contributed by atoms with Gasteiger partial charge < -0.3 is 14.5 Å². The van der Waals surface area contributed by atoms with Crippen LogP contribution in [-0.2, 0) is 30.9 Å². The standard InChI is InChI=1S/C22H23N4O.C6H5NO2.Ir/c1-21(2,3)16-9-7-13-15(23-16)11-12-26-18(13)25-20(27)14-8-10-17(22(4,5)6)24-19(14)26;8-6(9)5-3-1-2-4-7-5;/h8-12H,1-6H3;1-4H,(H,8,9);/q-1;;. The third-order valence-corrected chi connectivity index (χ3v) is 5.65. The fourth-order valence-electron chi connectivity index (χ4n) is 3.60. The third-order valence-electron chi connectivity index (χ3n) is 5.65. The second-order valence-electron chi connectivity index (χ2n) is 10.6. The predicted molar refractivity (Wildman–Crippen MR) is 139 cm³/mol. The number of carboxylic acid groups (broad SMARTS) is 1. The summed E-state index contributed by atoms with van der Waals surface area (Å²) in [4.78, 5) is 40.2. The van der Waals surface area contributed by atoms with Gasteiger partial charge in [-0.2, -0.15) is 0 Å². The average Bonchev–Trinajstić information content (AvgIpc) is 2.83. The van der Waals surface area contributed by atoms with Crippen molar-refractivity contribution in [2.75, 3.05) is 0 Å². The molecule has 0 aliphatic carbocycles. The molecule has 0 amide bonds. The van der Waals surface area contributed by atoms with Crippen LogP contribution in [0.1, 0.15) is 63.4 Å². The maximum atomic E-state index is 12.6. The normalized spacial score (nSPS) is 11.6. The number of hydrogen-bond acceptors (Lipinski definition) is 6. The molecular formula is C28H28IrN5O3-. The van der Waals surface area contributed by atoms with Crippen LogP contribution >= 0.6 is 0 Å². The zero-order chi connectivity index (χ0) is 26.3. The molecule has 0 atom stereocenters. The summed E-state index contributed by atoms with van der Waals surface area (Å²) in [7, 11) is 0. The number of pyridine rings is 4. The van der Waals surface area contributed by atoms with E-state index in [1.807, 2.05) is 34.9 Å². The smallest absolute Gasteiger partial charge is 0.354 e. The molecule has 9 heteroatoms. The molecular weight excluding hydrogens is 647 g/mol. The van der Waals surface area contributed by atoms with Gasteiger partial charge in [0, 0.05) is 37.4 Å². The van der Waals surface area contributed by atoms with Gasteiger partial charge in [0.05, 0.1) is 11.0 Å². The predicted octanol–water partition coefficient (Wildman–Crippen LogP) is 4.96. The van der Waals surface area contributed by atoms with Crippen molar-refractivity contribution in [2.45, 2.75) is 52.4 Å². The molecule has 1 N–H and O–H groups in total. The Bertz CT molecular complexity index is 1650. The molecule has 5 aromatic rings. The molecule has 0 saturated heterocycles. The van der Waals surface area contributed by atoms with Crippen LogP contribution in [0.25, 0.3) is 27.6 Å². The van der Waals surface area contributed by atoms with Gasteiger partial charge in [0.1, 0.15) is 11.3 Å². The van der Waals surface area contributed by atoms with Crippen molar-refractivity contribution in [2.24, 2.45) is 0 Å². The first-order valence-corrected chi connectivity index (χ1v) is 11.6. The number of aromatic nitrogens is 5. The largest absolute Gasteiger partial charge is 0.477 e. The molecule has 5 heterocycles. The number of aromatic carboxylic acids is 1. The van der Waals surface area contributed by atoms with Gasteiger partial charge in [-0.1, -0.05) is 59.1 Å². The van der Waals surface area contributed by atoms with Crippen molar-refractivity contribution >= 4 is 33.6 Å². The van der Waals surface area contributed by atoms with E-state index >= 15 is 0 Å². The Morgan fingerprint density at radius 2 is 1.59 bits per heavy atom. The van der Waals surface area contributed by atoms with Crippen LogP contribution < -0.4 is 5.56 Å². The van der Waals surface area contributed by atoms with Gasteiger partial charge in [-0.25, -0.2) is 19.7 Å². The molecule has 0 aromatic carbocycles. The van der Waals surface area contributed by atoms with E-state index in [0.29, 0.717) is 16.7 Å². The second-order valence-corrected chi connectivity index (χ2v) is 10.6. The maximum Gasteiger partial charge on any atom is 0.354 e. The quantitative estimate of drug-likeness (QED) is 0.198. The zero-order valence-electron chi connectivity index (χ0n) is 21.5. The maximum absolute atomic E-state index is 12.6. The molecule has 37 heavy (non-hydrogen) atoms. The Balaban J connectivity index is 0.000000324. The summed E-state index contributed by atoms with van der Waals surface area (Å²) in [6, 6.07) is 15.6. The number of carbonyl (C=O) groups is 1. The van der Waals surface area contributed by atoms with Crippen LogP contribution in [0.5, 0.6) is 0 Å². The molecule has 0 saturated carbocycles. The van der Waals surface area contributed by atoms with E-state index in [2.05, 4.69) is 57.6 Å². The summed E-state index contributed by atoms with van der Waals surface area (Å²) in [5.41, 5.74) is 3.44. The third kappa shape index (κ3) is 5.89. The first kappa shape index (κ1) is 28.0. The average molecular weight is 675 g/mol. The monoisotopic (exact) mass is 675 g/mol. The Morgan fingerprint density at radius 1 is 0.892 bits per heavy atom. The van der Waals surface area contributed by atoms with E-state index in [0.717, 1.165) is 22.3 Å². The van der Waals surface area contributed by atoms with Gasteiger partial charge in [-0.3, -0.25) is 4.79 Å². The van der Waals surface area contributed by atoms with Crippen LogP contribution in [0.4, 0.5) is 0 Å². The van der Waals surface area contributed by atoms with Gasteiger partial charge in [0.2, 0.25) is 0 Å². The zero-order valence-corrected chi connectivity index (χ0v) is 23.9. The van der Waals surface area contributed by atoms with Crippen LogP contribution in [0.3, 0.4) is 0 Å². The Hall–Kier alpha value is -3.55. The minimum Gasteiger partial charge on any atom is -0.477 e. The van der Waals surface area contributed by atoms with Crippen LogP contribution in [0, 0.1) is 6.07 Å². The van der Waals surface area contributed by atoms with E-state index in [4.69, 9.17) is 15.1 Å². The minimum absolute atomic E-state index is 0. The van der Waals surface area contributed by atoms with Crippen LogP contribution in [0.2, 0.25) is 0 Å². The molecule has 1 radical (unpaired) electrons. The molecule has 8 nitrogen and oxygen atoms in total. The molecule has 5 rings (SSSR count). The van der Waals surface area contributed by atoms with E-state index in [9.17, 15) is 9.59 Å². The van der Waals surface area contributed by atoms with Crippen molar-refractivity contribution < 1.29 is 30.0 Å². The van der Waals surface area contributed by atoms with E-state index < -0.39 is 5.97 Å². The number of rotatable bonds is 1. The fourth-order valence-corrected chi connectivity index (χ4v) is 3.60. The molecule has 0 bridgehead atoms. The molecule has 193 valence electrons. The molecule has 0 aliphatic rings. The Kier molecular flexibility index (Phi) is 7.91. The SMILES string of the molecule is CC(C)(C)c1c[c-]c2c(ccn3c4nc(C(C)(C)C)ccc4c(=O)nc23)n1.O=C(O)c1ccccn1.[Ir]. The first-order valence-electron chi connectivity index (χ1n) is 11.6. The van der Waals surface area contributed by atoms with Crippen molar-refractivity contribution in [3.8, 4) is 0 Å². The van der Waals surface area contributed by atoms with E-state index in [-0.39, 0.29) is 42.2 Å². The summed E-state index contributed by atoms with van der Waals surface area (Å²) in [6.07, 6.45) is 3.34. The van der Waals surface area contributed by atoms with Gasteiger partial charge in [-0.05, 0) is 47.1 Å². The second kappa shape index (κ2) is 10.4. The van der Waals surface area contributed by atoms with Gasteiger partial charge in [0.15, 0.2) is 0 Å². The molecule has 0 fully saturated rings. The molecule has 0 aliphatic heterocycles. The number of fused-ring (bicyclic) bond motifs is 5. The number of nitrogens with zero attached hydrogens (tertiary/aromatic N) is 5. The Labute approximate surface area is 228 Å². The number of hydrogen-bond donors (Lipinski definition) is 1. The van der Waals surface area contributed by atoms with Crippen molar-refractivity contribution in [3.05, 3.63) is 88.4 Å². The van der Waals surface area contributed by atoms with Crippen molar-refractivity contribution in [1.82, 2.24) is 24.3 Å². The summed E-state index contributed by atoms with van der Waals surface area (Å²) in [6.45, 7) is 12.7. The van der Waals surface area contributed by atoms with Crippen molar-refractivity contribution in [3.63, 3.8) is 0 Å². The van der Waals surface area contributed by atoms with Gasteiger partial charge >= 0.3 is 5.97 Å².